The smallest absolute Gasteiger partial charge is 0.237 e. The lowest BCUT2D eigenvalue weighted by atomic mass is 10.1. The van der Waals surface area contributed by atoms with Gasteiger partial charge in [0.25, 0.3) is 0 Å². The fourth-order valence-electron chi connectivity index (χ4n) is 1.13. The molecule has 0 saturated carbocycles. The first-order valence-electron chi connectivity index (χ1n) is 4.96. The van der Waals surface area contributed by atoms with Crippen molar-refractivity contribution in [1.29, 1.82) is 0 Å². The second-order valence-electron chi connectivity index (χ2n) is 3.92. The van der Waals surface area contributed by atoms with Gasteiger partial charge in [-0.3, -0.25) is 4.79 Å². The number of rotatable bonds is 3. The Morgan fingerprint density at radius 2 is 1.71 bits per heavy atom. The van der Waals surface area contributed by atoms with Gasteiger partial charge in [0.05, 0.1) is 26.0 Å². The molecule has 0 radical (unpaired) electrons. The Bertz CT molecular complexity index is 437. The highest BCUT2D eigenvalue weighted by Crippen LogP contribution is 2.32. The lowest BCUT2D eigenvalue weighted by molar-refractivity contribution is -0.116. The zero-order chi connectivity index (χ0) is 13.2. The van der Waals surface area contributed by atoms with E-state index in [-0.39, 0.29) is 11.8 Å². The summed E-state index contributed by atoms with van der Waals surface area (Å²) < 4.78 is 0. The average molecular weight is 313 g/mol. The monoisotopic (exact) mass is 311 g/mol. The highest BCUT2D eigenvalue weighted by atomic mass is 35.5. The highest BCUT2D eigenvalue weighted by Gasteiger charge is 2.19. The molecule has 6 heteroatoms. The first-order valence-corrected chi connectivity index (χ1v) is 6.61. The SMILES string of the molecule is CC(C)C(S)C(=O)Nc1cc(Cl)c(Cl)cc1Cl. The Hall–Kier alpha value is -0.0900. The maximum absolute atomic E-state index is 11.8. The van der Waals surface area contributed by atoms with E-state index in [0.717, 1.165) is 0 Å². The van der Waals surface area contributed by atoms with Gasteiger partial charge in [0.2, 0.25) is 5.91 Å². The van der Waals surface area contributed by atoms with Crippen molar-refractivity contribution in [2.45, 2.75) is 19.1 Å². The molecule has 1 amide bonds. The van der Waals surface area contributed by atoms with Crippen LogP contribution in [0.1, 0.15) is 13.8 Å². The summed E-state index contributed by atoms with van der Waals surface area (Å²) in [5.41, 5.74) is 0.436. The van der Waals surface area contributed by atoms with E-state index < -0.39 is 5.25 Å². The number of nitrogens with one attached hydrogen (secondary N) is 1. The average Bonchev–Trinajstić information content (AvgIpc) is 2.24. The maximum Gasteiger partial charge on any atom is 0.237 e. The number of hydrogen-bond acceptors (Lipinski definition) is 2. The summed E-state index contributed by atoms with van der Waals surface area (Å²) in [5.74, 6) is -0.0940. The Morgan fingerprint density at radius 3 is 2.24 bits per heavy atom. The summed E-state index contributed by atoms with van der Waals surface area (Å²) in [5, 5.41) is 3.30. The standard InChI is InChI=1S/C11H12Cl3NOS/c1-5(2)10(17)11(16)15-9-4-7(13)6(12)3-8(9)14/h3-5,10,17H,1-2H3,(H,15,16). The molecule has 1 rings (SSSR count). The zero-order valence-corrected chi connectivity index (χ0v) is 12.5. The first-order chi connectivity index (χ1) is 7.82. The summed E-state index contributed by atoms with van der Waals surface area (Å²) >= 11 is 21.8. The Labute approximate surface area is 121 Å². The van der Waals surface area contributed by atoms with Gasteiger partial charge in [-0.2, -0.15) is 12.6 Å². The van der Waals surface area contributed by atoms with Gasteiger partial charge in [-0.05, 0) is 18.1 Å². The van der Waals surface area contributed by atoms with Gasteiger partial charge in [-0.25, -0.2) is 0 Å². The van der Waals surface area contributed by atoms with Crippen molar-refractivity contribution < 1.29 is 4.79 Å². The quantitative estimate of drug-likeness (QED) is 0.622. The van der Waals surface area contributed by atoms with Crippen LogP contribution >= 0.6 is 47.4 Å². The summed E-state index contributed by atoms with van der Waals surface area (Å²) in [6.07, 6.45) is 0. The Balaban J connectivity index is 2.89. The topological polar surface area (TPSA) is 29.1 Å². The van der Waals surface area contributed by atoms with Gasteiger partial charge in [-0.1, -0.05) is 48.7 Å². The zero-order valence-electron chi connectivity index (χ0n) is 9.30. The molecule has 0 aliphatic carbocycles. The minimum atomic E-state index is -0.402. The molecular formula is C11H12Cl3NOS. The van der Waals surface area contributed by atoms with Crippen LogP contribution in [0.5, 0.6) is 0 Å². The molecule has 1 atom stereocenters. The van der Waals surface area contributed by atoms with Gasteiger partial charge in [-0.15, -0.1) is 0 Å². The van der Waals surface area contributed by atoms with Crippen molar-refractivity contribution in [3.8, 4) is 0 Å². The van der Waals surface area contributed by atoms with E-state index in [2.05, 4.69) is 17.9 Å². The molecule has 0 spiro atoms. The minimum Gasteiger partial charge on any atom is -0.324 e. The molecule has 0 fully saturated rings. The van der Waals surface area contributed by atoms with Crippen LogP contribution in [0.25, 0.3) is 0 Å². The normalized spacial score (nSPS) is 12.6. The summed E-state index contributed by atoms with van der Waals surface area (Å²) in [6.45, 7) is 3.82. The van der Waals surface area contributed by atoms with Crippen LogP contribution < -0.4 is 5.32 Å². The molecule has 1 aromatic carbocycles. The second kappa shape index (κ2) is 6.19. The van der Waals surface area contributed by atoms with E-state index in [1.807, 2.05) is 13.8 Å². The molecule has 0 heterocycles. The number of carbonyl (C=O) groups is 1. The predicted octanol–water partition coefficient (Wildman–Crippen LogP) is 4.54. The van der Waals surface area contributed by atoms with E-state index in [1.165, 1.54) is 12.1 Å². The fraction of sp³-hybridized carbons (Fsp3) is 0.364. The van der Waals surface area contributed by atoms with Crippen LogP contribution in [0.4, 0.5) is 5.69 Å². The molecule has 1 unspecified atom stereocenters. The maximum atomic E-state index is 11.8. The molecule has 0 aromatic heterocycles. The molecular weight excluding hydrogens is 301 g/mol. The first kappa shape index (κ1) is 15.0. The van der Waals surface area contributed by atoms with Gasteiger partial charge in [0.15, 0.2) is 0 Å². The lowest BCUT2D eigenvalue weighted by Crippen LogP contribution is -2.27. The van der Waals surface area contributed by atoms with Crippen molar-refractivity contribution in [2.24, 2.45) is 5.92 Å². The summed E-state index contributed by atoms with van der Waals surface area (Å²) in [6, 6.07) is 3.01. The molecule has 0 saturated heterocycles. The number of thiol groups is 1. The summed E-state index contributed by atoms with van der Waals surface area (Å²) in [7, 11) is 0. The molecule has 1 aromatic rings. The van der Waals surface area contributed by atoms with Crippen LogP contribution in [-0.2, 0) is 4.79 Å². The number of anilines is 1. The number of halogens is 3. The number of amides is 1. The van der Waals surface area contributed by atoms with Gasteiger partial charge in [0, 0.05) is 0 Å². The molecule has 0 aliphatic heterocycles. The van der Waals surface area contributed by atoms with Crippen molar-refractivity contribution in [3.63, 3.8) is 0 Å². The number of hydrogen-bond donors (Lipinski definition) is 2. The van der Waals surface area contributed by atoms with E-state index in [4.69, 9.17) is 34.8 Å². The van der Waals surface area contributed by atoms with Crippen LogP contribution in [0, 0.1) is 5.92 Å². The molecule has 2 nitrogen and oxygen atoms in total. The summed E-state index contributed by atoms with van der Waals surface area (Å²) in [4.78, 5) is 11.8. The van der Waals surface area contributed by atoms with Crippen LogP contribution in [0.15, 0.2) is 12.1 Å². The molecule has 0 bridgehead atoms. The molecule has 17 heavy (non-hydrogen) atoms. The third-order valence-corrected chi connectivity index (χ3v) is 4.03. The van der Waals surface area contributed by atoms with Gasteiger partial charge >= 0.3 is 0 Å². The molecule has 1 N–H and O–H groups in total. The Morgan fingerprint density at radius 1 is 1.18 bits per heavy atom. The van der Waals surface area contributed by atoms with Crippen molar-refractivity contribution in [3.05, 3.63) is 27.2 Å². The van der Waals surface area contributed by atoms with E-state index >= 15 is 0 Å². The van der Waals surface area contributed by atoms with Crippen molar-refractivity contribution in [1.82, 2.24) is 0 Å². The fourth-order valence-corrected chi connectivity index (χ4v) is 1.79. The highest BCUT2D eigenvalue weighted by molar-refractivity contribution is 7.81. The third kappa shape index (κ3) is 3.95. The molecule has 0 aliphatic rings. The van der Waals surface area contributed by atoms with Crippen molar-refractivity contribution >= 4 is 59.0 Å². The van der Waals surface area contributed by atoms with Crippen LogP contribution in [0.2, 0.25) is 15.1 Å². The van der Waals surface area contributed by atoms with Gasteiger partial charge < -0.3 is 5.32 Å². The van der Waals surface area contributed by atoms with Gasteiger partial charge in [0.1, 0.15) is 0 Å². The number of benzene rings is 1. The third-order valence-electron chi connectivity index (χ3n) is 2.17. The number of carbonyl (C=O) groups excluding carboxylic acids is 1. The van der Waals surface area contributed by atoms with Crippen LogP contribution in [0.3, 0.4) is 0 Å². The Kier molecular flexibility index (Phi) is 5.45. The predicted molar refractivity (Wildman–Crippen MR) is 77.7 cm³/mol. The largest absolute Gasteiger partial charge is 0.324 e. The lowest BCUT2D eigenvalue weighted by Gasteiger charge is -2.15. The molecule has 94 valence electrons. The van der Waals surface area contributed by atoms with E-state index in [9.17, 15) is 4.79 Å². The second-order valence-corrected chi connectivity index (χ2v) is 5.70. The van der Waals surface area contributed by atoms with Crippen molar-refractivity contribution in [2.75, 3.05) is 5.32 Å². The van der Waals surface area contributed by atoms with E-state index in [0.29, 0.717) is 20.8 Å². The minimum absolute atomic E-state index is 0.125. The van der Waals surface area contributed by atoms with E-state index in [1.54, 1.807) is 0 Å². The van der Waals surface area contributed by atoms with Crippen LogP contribution in [-0.4, -0.2) is 11.2 Å².